The number of rotatable bonds is 14. The fraction of sp³-hybridized carbons (Fsp3) is 0.167. The van der Waals surface area contributed by atoms with Gasteiger partial charge in [0.25, 0.3) is 0 Å². The van der Waals surface area contributed by atoms with Crippen molar-refractivity contribution < 1.29 is 4.42 Å². The molecule has 1 aromatic heterocycles. The van der Waals surface area contributed by atoms with Crippen LogP contribution in [0.25, 0.3) is 43.8 Å². The Morgan fingerprint density at radius 2 is 1.15 bits per heavy atom. The van der Waals surface area contributed by atoms with Crippen molar-refractivity contribution in [2.45, 2.75) is 76.5 Å². The third kappa shape index (κ3) is 8.13. The standard InChI is InChI=1S/C72H62O/c1-6-18-51-32-34-52(35-33-51)44-65(62-26-17-28-69-71(62)64-25-15-16-27-68(64)73-69)50(5)54-39-42-63-66(45-54)72(57-19-9-7-10-20-57,58-21-11-8-12-22-58)67-46-56(60-23-13-14-24-61(60)70(63)67)40-41-59(53-36-29-47(2)30-37-53)55-38-31-48(3)49(4)43-55/h6-17,19-39,42-43,45-46,50,59,65H,1,18,40-41,44H2,2-5H3. The number of furan rings is 1. The second-order valence-corrected chi connectivity index (χ2v) is 20.9. The Labute approximate surface area is 431 Å². The lowest BCUT2D eigenvalue weighted by Crippen LogP contribution is -2.29. The number of hydrogen-bond acceptors (Lipinski definition) is 1. The Morgan fingerprint density at radius 3 is 1.86 bits per heavy atom. The van der Waals surface area contributed by atoms with Crippen LogP contribution < -0.4 is 0 Å². The van der Waals surface area contributed by atoms with Gasteiger partial charge in [0, 0.05) is 16.7 Å². The molecule has 10 aromatic carbocycles. The maximum absolute atomic E-state index is 6.57. The minimum atomic E-state index is -0.580. The molecule has 0 radical (unpaired) electrons. The Hall–Kier alpha value is -8.00. The summed E-state index contributed by atoms with van der Waals surface area (Å²) in [5.41, 5.74) is 22.6. The summed E-state index contributed by atoms with van der Waals surface area (Å²) in [6.45, 7) is 13.1. The lowest BCUT2D eigenvalue weighted by molar-refractivity contribution is 0.574. The first-order valence-corrected chi connectivity index (χ1v) is 26.3. The van der Waals surface area contributed by atoms with Gasteiger partial charge in [0.05, 0.1) is 5.41 Å². The molecular weight excluding hydrogens is 881 g/mol. The highest BCUT2D eigenvalue weighted by molar-refractivity contribution is 6.07. The molecule has 1 heteroatoms. The van der Waals surface area contributed by atoms with Crippen molar-refractivity contribution in [1.29, 1.82) is 0 Å². The topological polar surface area (TPSA) is 13.1 Å². The van der Waals surface area contributed by atoms with E-state index in [0.29, 0.717) is 0 Å². The molecule has 3 atom stereocenters. The molecule has 73 heavy (non-hydrogen) atoms. The highest BCUT2D eigenvalue weighted by Crippen LogP contribution is 2.59. The van der Waals surface area contributed by atoms with E-state index in [1.165, 1.54) is 111 Å². The summed E-state index contributed by atoms with van der Waals surface area (Å²) in [5.74, 6) is 0.540. The summed E-state index contributed by atoms with van der Waals surface area (Å²) in [5, 5.41) is 5.05. The van der Waals surface area contributed by atoms with E-state index in [1.54, 1.807) is 0 Å². The van der Waals surface area contributed by atoms with Gasteiger partial charge in [0.15, 0.2) is 0 Å². The van der Waals surface area contributed by atoms with Crippen molar-refractivity contribution in [2.75, 3.05) is 0 Å². The molecular formula is C72H62O. The van der Waals surface area contributed by atoms with E-state index in [2.05, 4.69) is 253 Å². The number of aryl methyl sites for hydroxylation is 4. The van der Waals surface area contributed by atoms with Gasteiger partial charge in [-0.2, -0.15) is 0 Å². The molecule has 356 valence electrons. The van der Waals surface area contributed by atoms with Gasteiger partial charge in [0.2, 0.25) is 0 Å². The zero-order valence-corrected chi connectivity index (χ0v) is 42.5. The van der Waals surface area contributed by atoms with E-state index in [9.17, 15) is 0 Å². The van der Waals surface area contributed by atoms with Crippen molar-refractivity contribution >= 4 is 32.7 Å². The first kappa shape index (κ1) is 46.1. The molecule has 0 aliphatic heterocycles. The van der Waals surface area contributed by atoms with Crippen LogP contribution in [0.4, 0.5) is 0 Å². The Kier molecular flexibility index (Phi) is 12.1. The number of allylic oxidation sites excluding steroid dienone is 1. The second-order valence-electron chi connectivity index (χ2n) is 20.9. The molecule has 1 aliphatic rings. The highest BCUT2D eigenvalue weighted by Gasteiger charge is 2.47. The predicted octanol–water partition coefficient (Wildman–Crippen LogP) is 18.7. The van der Waals surface area contributed by atoms with Crippen LogP contribution in [0.2, 0.25) is 0 Å². The fourth-order valence-electron chi connectivity index (χ4n) is 12.7. The van der Waals surface area contributed by atoms with Crippen LogP contribution in [0.15, 0.2) is 235 Å². The normalized spacial score (nSPS) is 14.0. The average Bonchev–Trinajstić information content (AvgIpc) is 3.96. The number of hydrogen-bond donors (Lipinski definition) is 0. The van der Waals surface area contributed by atoms with Crippen molar-refractivity contribution in [3.05, 3.63) is 309 Å². The van der Waals surface area contributed by atoms with Gasteiger partial charge in [-0.1, -0.05) is 225 Å². The van der Waals surface area contributed by atoms with E-state index in [0.717, 1.165) is 36.8 Å². The second kappa shape index (κ2) is 19.2. The summed E-state index contributed by atoms with van der Waals surface area (Å²) in [7, 11) is 0. The average molecular weight is 943 g/mol. The van der Waals surface area contributed by atoms with Crippen LogP contribution in [0.5, 0.6) is 0 Å². The number of benzene rings is 10. The monoisotopic (exact) mass is 942 g/mol. The van der Waals surface area contributed by atoms with E-state index in [4.69, 9.17) is 4.42 Å². The molecule has 1 aliphatic carbocycles. The lowest BCUT2D eigenvalue weighted by Gasteiger charge is -2.35. The van der Waals surface area contributed by atoms with E-state index in [-0.39, 0.29) is 17.8 Å². The molecule has 0 amide bonds. The Balaban J connectivity index is 1.05. The van der Waals surface area contributed by atoms with Crippen LogP contribution in [0, 0.1) is 20.8 Å². The van der Waals surface area contributed by atoms with Crippen LogP contribution >= 0.6 is 0 Å². The van der Waals surface area contributed by atoms with Gasteiger partial charge >= 0.3 is 0 Å². The van der Waals surface area contributed by atoms with Crippen molar-refractivity contribution in [3.63, 3.8) is 0 Å². The molecule has 11 aromatic rings. The lowest BCUT2D eigenvalue weighted by atomic mass is 9.66. The molecule has 0 fully saturated rings. The summed E-state index contributed by atoms with van der Waals surface area (Å²) in [6.07, 6.45) is 5.65. The smallest absolute Gasteiger partial charge is 0.135 e. The van der Waals surface area contributed by atoms with Crippen LogP contribution in [0.1, 0.15) is 109 Å². The van der Waals surface area contributed by atoms with Crippen molar-refractivity contribution in [3.8, 4) is 11.1 Å². The van der Waals surface area contributed by atoms with Gasteiger partial charge in [0.1, 0.15) is 11.2 Å². The van der Waals surface area contributed by atoms with Gasteiger partial charge < -0.3 is 4.42 Å². The van der Waals surface area contributed by atoms with E-state index >= 15 is 0 Å². The zero-order chi connectivity index (χ0) is 49.6. The summed E-state index contributed by atoms with van der Waals surface area (Å²) in [4.78, 5) is 0. The number of para-hydroxylation sites is 1. The third-order valence-corrected chi connectivity index (χ3v) is 16.6. The molecule has 0 saturated heterocycles. The molecule has 0 bridgehead atoms. The van der Waals surface area contributed by atoms with Crippen molar-refractivity contribution in [2.24, 2.45) is 0 Å². The van der Waals surface area contributed by atoms with Crippen LogP contribution in [-0.4, -0.2) is 0 Å². The SMILES string of the molecule is C=CCc1ccc(CC(c2cccc3oc4ccccc4c23)C(C)c2ccc3c(c2)C(c2ccccc2)(c2ccccc2)c2cc(CCC(c4ccc(C)cc4)c4ccc(C)c(C)c4)c4ccccc4c2-3)cc1. The molecule has 1 heterocycles. The van der Waals surface area contributed by atoms with E-state index < -0.39 is 5.41 Å². The Morgan fingerprint density at radius 1 is 0.521 bits per heavy atom. The zero-order valence-electron chi connectivity index (χ0n) is 42.5. The third-order valence-electron chi connectivity index (χ3n) is 16.6. The first-order valence-electron chi connectivity index (χ1n) is 26.3. The quantitative estimate of drug-likeness (QED) is 0.0990. The maximum Gasteiger partial charge on any atom is 0.135 e. The molecule has 0 N–H and O–H groups in total. The largest absolute Gasteiger partial charge is 0.456 e. The van der Waals surface area contributed by atoms with Crippen LogP contribution in [0.3, 0.4) is 0 Å². The first-order chi connectivity index (χ1) is 35.8. The molecule has 1 nitrogen and oxygen atoms in total. The molecule has 0 saturated carbocycles. The maximum atomic E-state index is 6.57. The van der Waals surface area contributed by atoms with Crippen molar-refractivity contribution in [1.82, 2.24) is 0 Å². The summed E-state index contributed by atoms with van der Waals surface area (Å²) < 4.78 is 6.57. The van der Waals surface area contributed by atoms with Crippen LogP contribution in [-0.2, 0) is 24.7 Å². The highest BCUT2D eigenvalue weighted by atomic mass is 16.3. The van der Waals surface area contributed by atoms with Gasteiger partial charge in [-0.25, -0.2) is 0 Å². The summed E-state index contributed by atoms with van der Waals surface area (Å²) >= 11 is 0. The fourth-order valence-corrected chi connectivity index (χ4v) is 12.7. The molecule has 3 unspecified atom stereocenters. The number of fused-ring (bicyclic) bond motifs is 8. The predicted molar refractivity (Wildman–Crippen MR) is 307 cm³/mol. The van der Waals surface area contributed by atoms with Gasteiger partial charge in [-0.05, 0) is 165 Å². The Bertz CT molecular complexity index is 3760. The minimum Gasteiger partial charge on any atom is -0.456 e. The van der Waals surface area contributed by atoms with Gasteiger partial charge in [-0.15, -0.1) is 6.58 Å². The molecule has 12 rings (SSSR count). The summed E-state index contributed by atoms with van der Waals surface area (Å²) in [6, 6.07) is 82.9. The van der Waals surface area contributed by atoms with E-state index in [1.807, 2.05) is 6.08 Å². The van der Waals surface area contributed by atoms with Gasteiger partial charge in [-0.3, -0.25) is 0 Å². The molecule has 0 spiro atoms. The minimum absolute atomic E-state index is 0.141.